The zero-order chi connectivity index (χ0) is 10.7. The van der Waals surface area contributed by atoms with Crippen LogP contribution in [0, 0.1) is 0 Å². The van der Waals surface area contributed by atoms with E-state index in [0.29, 0.717) is 18.8 Å². The Morgan fingerprint density at radius 1 is 1.67 bits per heavy atom. The second kappa shape index (κ2) is 4.13. The summed E-state index contributed by atoms with van der Waals surface area (Å²) in [5.74, 6) is 0.678. The van der Waals surface area contributed by atoms with E-state index < -0.39 is 0 Å². The van der Waals surface area contributed by atoms with Crippen molar-refractivity contribution in [2.24, 2.45) is 0 Å². The number of ether oxygens (including phenoxy) is 1. The molecule has 78 valence electrons. The molecule has 1 aromatic rings. The van der Waals surface area contributed by atoms with Gasteiger partial charge in [-0.3, -0.25) is 4.79 Å². The molecule has 4 heteroatoms. The van der Waals surface area contributed by atoms with E-state index in [0.717, 1.165) is 11.1 Å². The molecule has 0 aromatic carbocycles. The molecule has 1 aliphatic rings. The molecule has 2 heterocycles. The van der Waals surface area contributed by atoms with Gasteiger partial charge in [0.05, 0.1) is 19.3 Å². The first-order chi connectivity index (χ1) is 7.29. The molecule has 0 fully saturated rings. The number of amides is 1. The normalized spacial score (nSPS) is 14.1. The molecule has 15 heavy (non-hydrogen) atoms. The quantitative estimate of drug-likeness (QED) is 0.760. The number of nitrogens with one attached hydrogen (secondary N) is 1. The minimum atomic E-state index is 0.00318. The first-order valence-corrected chi connectivity index (χ1v) is 4.86. The second-order valence-electron chi connectivity index (χ2n) is 3.26. The molecule has 1 amide bonds. The molecule has 0 radical (unpaired) electrons. The van der Waals surface area contributed by atoms with Gasteiger partial charge in [-0.1, -0.05) is 0 Å². The van der Waals surface area contributed by atoms with Crippen molar-refractivity contribution in [2.45, 2.75) is 13.3 Å². The molecular weight excluding hydrogens is 192 g/mol. The lowest BCUT2D eigenvalue weighted by Gasteiger charge is -1.98. The van der Waals surface area contributed by atoms with E-state index in [9.17, 15) is 4.79 Å². The molecule has 0 atom stereocenters. The predicted molar refractivity (Wildman–Crippen MR) is 57.2 cm³/mol. The Balaban J connectivity index is 2.16. The molecule has 1 aromatic heterocycles. The van der Waals surface area contributed by atoms with Crippen LogP contribution in [0.3, 0.4) is 0 Å². The molecule has 0 bridgehead atoms. The smallest absolute Gasteiger partial charge is 0.230 e. The van der Waals surface area contributed by atoms with Crippen LogP contribution in [-0.4, -0.2) is 17.5 Å². The molecule has 0 saturated heterocycles. The van der Waals surface area contributed by atoms with Crippen LogP contribution < -0.4 is 5.32 Å². The number of aromatic nitrogens is 1. The molecule has 1 N–H and O–H groups in total. The zero-order valence-electron chi connectivity index (χ0n) is 8.49. The Morgan fingerprint density at radius 3 is 3.33 bits per heavy atom. The van der Waals surface area contributed by atoms with Crippen molar-refractivity contribution in [3.8, 4) is 0 Å². The molecule has 0 saturated carbocycles. The van der Waals surface area contributed by atoms with Crippen LogP contribution in [-0.2, 0) is 16.0 Å². The Bertz CT molecular complexity index is 413. The van der Waals surface area contributed by atoms with E-state index in [2.05, 4.69) is 10.3 Å². The predicted octanol–water partition coefficient (Wildman–Crippen LogP) is 1.58. The lowest BCUT2D eigenvalue weighted by atomic mass is 10.1. The largest absolute Gasteiger partial charge is 0.501 e. The van der Waals surface area contributed by atoms with Gasteiger partial charge in [0.2, 0.25) is 5.91 Å². The van der Waals surface area contributed by atoms with Gasteiger partial charge in [0, 0.05) is 11.8 Å². The third kappa shape index (κ3) is 2.15. The van der Waals surface area contributed by atoms with Gasteiger partial charge in [-0.15, -0.1) is 0 Å². The Kier molecular flexibility index (Phi) is 2.67. The first-order valence-electron chi connectivity index (χ1n) is 4.86. The Morgan fingerprint density at radius 2 is 2.53 bits per heavy atom. The molecule has 1 aliphatic heterocycles. The minimum absolute atomic E-state index is 0.00318. The van der Waals surface area contributed by atoms with Crippen LogP contribution >= 0.6 is 0 Å². The first kappa shape index (κ1) is 9.71. The van der Waals surface area contributed by atoms with Gasteiger partial charge in [0.1, 0.15) is 5.82 Å². The summed E-state index contributed by atoms with van der Waals surface area (Å²) in [7, 11) is 0. The highest BCUT2D eigenvalue weighted by Crippen LogP contribution is 2.21. The van der Waals surface area contributed by atoms with Gasteiger partial charge in [-0.25, -0.2) is 4.98 Å². The average molecular weight is 204 g/mol. The van der Waals surface area contributed by atoms with Crippen molar-refractivity contribution < 1.29 is 9.53 Å². The monoisotopic (exact) mass is 204 g/mol. The fourth-order valence-electron chi connectivity index (χ4n) is 1.44. The van der Waals surface area contributed by atoms with E-state index in [1.807, 2.05) is 19.1 Å². The maximum Gasteiger partial charge on any atom is 0.230 e. The third-order valence-corrected chi connectivity index (χ3v) is 2.12. The Hall–Kier alpha value is -1.84. The number of anilines is 1. The van der Waals surface area contributed by atoms with Crippen LogP contribution in [0.25, 0.3) is 6.08 Å². The van der Waals surface area contributed by atoms with Crippen LogP contribution in [0.4, 0.5) is 5.82 Å². The zero-order valence-corrected chi connectivity index (χ0v) is 8.49. The summed E-state index contributed by atoms with van der Waals surface area (Å²) < 4.78 is 5.09. The summed E-state index contributed by atoms with van der Waals surface area (Å²) in [5, 5.41) is 2.69. The lowest BCUT2D eigenvalue weighted by molar-refractivity contribution is -0.115. The number of nitrogens with zero attached hydrogens (tertiary/aromatic N) is 1. The number of hydrogen-bond acceptors (Lipinski definition) is 3. The van der Waals surface area contributed by atoms with Crippen LogP contribution in [0.5, 0.6) is 0 Å². The maximum absolute atomic E-state index is 11.1. The van der Waals surface area contributed by atoms with E-state index in [1.54, 1.807) is 12.5 Å². The molecule has 4 nitrogen and oxygen atoms in total. The number of carbonyl (C=O) groups excluding carboxylic acids is 1. The SMILES string of the molecule is CCO/C=C/c1cnc2c(c1)CC(=O)N2. The molecule has 0 spiro atoms. The topological polar surface area (TPSA) is 51.2 Å². The molecule has 0 aliphatic carbocycles. The fraction of sp³-hybridized carbons (Fsp3) is 0.273. The van der Waals surface area contributed by atoms with Gasteiger partial charge in [0.25, 0.3) is 0 Å². The van der Waals surface area contributed by atoms with Crippen LogP contribution in [0.2, 0.25) is 0 Å². The molecular formula is C11H12N2O2. The van der Waals surface area contributed by atoms with Gasteiger partial charge in [0.15, 0.2) is 0 Å². The van der Waals surface area contributed by atoms with E-state index >= 15 is 0 Å². The van der Waals surface area contributed by atoms with Gasteiger partial charge in [-0.2, -0.15) is 0 Å². The summed E-state index contributed by atoms with van der Waals surface area (Å²) in [5.41, 5.74) is 1.89. The lowest BCUT2D eigenvalue weighted by Crippen LogP contribution is -2.04. The molecule has 0 unspecified atom stereocenters. The number of carbonyl (C=O) groups is 1. The van der Waals surface area contributed by atoms with Crippen molar-refractivity contribution in [2.75, 3.05) is 11.9 Å². The van der Waals surface area contributed by atoms with Gasteiger partial charge < -0.3 is 10.1 Å². The van der Waals surface area contributed by atoms with Crippen molar-refractivity contribution in [3.63, 3.8) is 0 Å². The van der Waals surface area contributed by atoms with Gasteiger partial charge >= 0.3 is 0 Å². The third-order valence-electron chi connectivity index (χ3n) is 2.12. The number of hydrogen-bond donors (Lipinski definition) is 1. The van der Waals surface area contributed by atoms with E-state index in [-0.39, 0.29) is 5.91 Å². The number of pyridine rings is 1. The van der Waals surface area contributed by atoms with Crippen molar-refractivity contribution in [3.05, 3.63) is 29.7 Å². The summed E-state index contributed by atoms with van der Waals surface area (Å²) in [4.78, 5) is 15.2. The van der Waals surface area contributed by atoms with Crippen molar-refractivity contribution >= 4 is 17.8 Å². The standard InChI is InChI=1S/C11H12N2O2/c1-2-15-4-3-8-5-9-6-10(14)13-11(9)12-7-8/h3-5,7H,2,6H2,1H3,(H,12,13,14)/b4-3+. The second-order valence-corrected chi connectivity index (χ2v) is 3.26. The van der Waals surface area contributed by atoms with E-state index in [4.69, 9.17) is 4.74 Å². The van der Waals surface area contributed by atoms with E-state index in [1.165, 1.54) is 0 Å². The highest BCUT2D eigenvalue weighted by atomic mass is 16.5. The number of rotatable bonds is 3. The van der Waals surface area contributed by atoms with Crippen LogP contribution in [0.15, 0.2) is 18.5 Å². The Labute approximate surface area is 88.0 Å². The fourth-order valence-corrected chi connectivity index (χ4v) is 1.44. The summed E-state index contributed by atoms with van der Waals surface area (Å²) in [6.45, 7) is 2.57. The highest BCUT2D eigenvalue weighted by molar-refractivity contribution is 5.98. The van der Waals surface area contributed by atoms with Crippen molar-refractivity contribution in [1.29, 1.82) is 0 Å². The molecule has 2 rings (SSSR count). The van der Waals surface area contributed by atoms with Crippen molar-refractivity contribution in [1.82, 2.24) is 4.98 Å². The highest BCUT2D eigenvalue weighted by Gasteiger charge is 2.18. The summed E-state index contributed by atoms with van der Waals surface area (Å²) in [6, 6.07) is 1.94. The average Bonchev–Trinajstić information content (AvgIpc) is 2.57. The summed E-state index contributed by atoms with van der Waals surface area (Å²) in [6.07, 6.45) is 5.59. The van der Waals surface area contributed by atoms with Crippen LogP contribution in [0.1, 0.15) is 18.1 Å². The maximum atomic E-state index is 11.1. The minimum Gasteiger partial charge on any atom is -0.501 e. The number of fused-ring (bicyclic) bond motifs is 1. The summed E-state index contributed by atoms with van der Waals surface area (Å²) >= 11 is 0. The van der Waals surface area contributed by atoms with Gasteiger partial charge in [-0.05, 0) is 24.6 Å².